The number of carbonyl (C=O) groups is 2. The fourth-order valence-electron chi connectivity index (χ4n) is 2.89. The molecular weight excluding hydrogens is 320 g/mol. The minimum Gasteiger partial charge on any atom is -0.480 e. The number of para-hydroxylation sites is 1. The molecule has 1 aromatic carbocycles. The number of benzene rings is 1. The van der Waals surface area contributed by atoms with Gasteiger partial charge in [-0.3, -0.25) is 4.79 Å². The van der Waals surface area contributed by atoms with Gasteiger partial charge in [0.05, 0.1) is 11.6 Å². The van der Waals surface area contributed by atoms with Gasteiger partial charge in [-0.25, -0.2) is 4.79 Å². The number of carboxylic acid groups (broad SMARTS) is 1. The number of aromatic nitrogens is 1. The first kappa shape index (κ1) is 15.8. The summed E-state index contributed by atoms with van der Waals surface area (Å²) in [6.07, 6.45) is 1.50. The smallest absolute Gasteiger partial charge is 0.326 e. The number of aliphatic carboxylic acids is 1. The molecule has 1 aliphatic rings. The Labute approximate surface area is 137 Å². The van der Waals surface area contributed by atoms with Crippen LogP contribution in [-0.2, 0) is 9.53 Å². The van der Waals surface area contributed by atoms with Crippen LogP contribution in [-0.4, -0.2) is 41.2 Å². The topological polar surface area (TPSA) is 91.4 Å². The maximum Gasteiger partial charge on any atom is 0.326 e. The first-order valence-corrected chi connectivity index (χ1v) is 7.83. The molecule has 1 aliphatic heterocycles. The van der Waals surface area contributed by atoms with Crippen LogP contribution in [0.3, 0.4) is 0 Å². The number of halogens is 1. The highest BCUT2D eigenvalue weighted by Crippen LogP contribution is 2.27. The van der Waals surface area contributed by atoms with Crippen molar-refractivity contribution in [3.05, 3.63) is 35.0 Å². The minimum atomic E-state index is -1.07. The molecule has 3 rings (SSSR count). The lowest BCUT2D eigenvalue weighted by Gasteiger charge is -2.27. The Morgan fingerprint density at radius 2 is 2.17 bits per heavy atom. The van der Waals surface area contributed by atoms with E-state index in [1.165, 1.54) is 0 Å². The minimum absolute atomic E-state index is 0.177. The number of aromatic amines is 1. The van der Waals surface area contributed by atoms with Gasteiger partial charge in [-0.2, -0.15) is 0 Å². The van der Waals surface area contributed by atoms with Crippen LogP contribution in [0.2, 0.25) is 5.02 Å². The van der Waals surface area contributed by atoms with Crippen molar-refractivity contribution < 1.29 is 19.4 Å². The molecule has 0 aliphatic carbocycles. The fraction of sp³-hybridized carbons (Fsp3) is 0.375. The normalized spacial score (nSPS) is 19.4. The fourth-order valence-corrected chi connectivity index (χ4v) is 3.19. The van der Waals surface area contributed by atoms with Gasteiger partial charge in [0.15, 0.2) is 0 Å². The van der Waals surface area contributed by atoms with Crippen molar-refractivity contribution in [2.75, 3.05) is 13.2 Å². The van der Waals surface area contributed by atoms with E-state index in [0.717, 1.165) is 17.3 Å². The Kier molecular flexibility index (Phi) is 4.54. The molecule has 2 unspecified atom stereocenters. The van der Waals surface area contributed by atoms with E-state index < -0.39 is 17.9 Å². The number of hydrogen-bond acceptors (Lipinski definition) is 3. The van der Waals surface area contributed by atoms with E-state index in [4.69, 9.17) is 16.3 Å². The molecule has 1 saturated heterocycles. The second-order valence-electron chi connectivity index (χ2n) is 5.63. The van der Waals surface area contributed by atoms with Gasteiger partial charge in [0.2, 0.25) is 0 Å². The van der Waals surface area contributed by atoms with Crippen LogP contribution in [0.1, 0.15) is 23.3 Å². The Bertz CT molecular complexity index is 737. The van der Waals surface area contributed by atoms with Crippen LogP contribution in [0.25, 0.3) is 10.9 Å². The second kappa shape index (κ2) is 6.60. The van der Waals surface area contributed by atoms with Crippen LogP contribution in [0, 0.1) is 5.92 Å². The highest BCUT2D eigenvalue weighted by molar-refractivity contribution is 6.38. The maximum absolute atomic E-state index is 12.5. The molecule has 0 saturated carbocycles. The quantitative estimate of drug-likeness (QED) is 0.799. The first-order valence-electron chi connectivity index (χ1n) is 7.45. The Morgan fingerprint density at radius 3 is 2.83 bits per heavy atom. The molecule has 3 N–H and O–H groups in total. The van der Waals surface area contributed by atoms with Gasteiger partial charge >= 0.3 is 5.97 Å². The maximum atomic E-state index is 12.5. The van der Waals surface area contributed by atoms with E-state index in [9.17, 15) is 14.7 Å². The van der Waals surface area contributed by atoms with E-state index in [2.05, 4.69) is 10.3 Å². The third-order valence-electron chi connectivity index (χ3n) is 4.09. The molecular formula is C16H17ClN2O4. The molecule has 2 atom stereocenters. The van der Waals surface area contributed by atoms with Crippen LogP contribution >= 0.6 is 11.6 Å². The van der Waals surface area contributed by atoms with Crippen molar-refractivity contribution in [2.45, 2.75) is 18.9 Å². The van der Waals surface area contributed by atoms with Crippen LogP contribution in [0.4, 0.5) is 0 Å². The highest BCUT2D eigenvalue weighted by Gasteiger charge is 2.32. The lowest BCUT2D eigenvalue weighted by molar-refractivity contribution is -0.142. The monoisotopic (exact) mass is 336 g/mol. The van der Waals surface area contributed by atoms with E-state index in [0.29, 0.717) is 24.7 Å². The zero-order valence-electron chi connectivity index (χ0n) is 12.3. The molecule has 6 nitrogen and oxygen atoms in total. The average molecular weight is 337 g/mol. The van der Waals surface area contributed by atoms with Gasteiger partial charge in [0.1, 0.15) is 11.7 Å². The largest absolute Gasteiger partial charge is 0.480 e. The summed E-state index contributed by atoms with van der Waals surface area (Å²) in [7, 11) is 0. The summed E-state index contributed by atoms with van der Waals surface area (Å²) in [5, 5.41) is 13.0. The van der Waals surface area contributed by atoms with Gasteiger partial charge in [-0.05, 0) is 18.9 Å². The van der Waals surface area contributed by atoms with Crippen molar-refractivity contribution in [2.24, 2.45) is 5.92 Å². The summed E-state index contributed by atoms with van der Waals surface area (Å²) in [6, 6.07) is 6.26. The lowest BCUT2D eigenvalue weighted by atomic mass is 9.93. The summed E-state index contributed by atoms with van der Waals surface area (Å²) >= 11 is 6.24. The molecule has 1 aromatic heterocycles. The van der Waals surface area contributed by atoms with E-state index in [1.54, 1.807) is 6.07 Å². The van der Waals surface area contributed by atoms with Gasteiger partial charge < -0.3 is 20.1 Å². The highest BCUT2D eigenvalue weighted by atomic mass is 35.5. The number of rotatable bonds is 4. The Hall–Kier alpha value is -2.05. The summed E-state index contributed by atoms with van der Waals surface area (Å²) in [4.78, 5) is 26.9. The molecule has 23 heavy (non-hydrogen) atoms. The third-order valence-corrected chi connectivity index (χ3v) is 4.48. The molecule has 2 aromatic rings. The van der Waals surface area contributed by atoms with E-state index in [1.807, 2.05) is 18.2 Å². The molecule has 1 amide bonds. The summed E-state index contributed by atoms with van der Waals surface area (Å²) in [5.74, 6) is -1.83. The summed E-state index contributed by atoms with van der Waals surface area (Å²) in [6.45, 7) is 0.961. The van der Waals surface area contributed by atoms with Gasteiger partial charge in [0.25, 0.3) is 5.91 Å². The zero-order chi connectivity index (χ0) is 16.4. The van der Waals surface area contributed by atoms with Crippen LogP contribution in [0.15, 0.2) is 24.3 Å². The van der Waals surface area contributed by atoms with Gasteiger partial charge in [0, 0.05) is 23.4 Å². The van der Waals surface area contributed by atoms with E-state index in [-0.39, 0.29) is 11.6 Å². The number of H-pyrrole nitrogens is 1. The van der Waals surface area contributed by atoms with Gasteiger partial charge in [-0.1, -0.05) is 29.8 Å². The molecule has 7 heteroatoms. The van der Waals surface area contributed by atoms with Crippen molar-refractivity contribution in [1.29, 1.82) is 0 Å². The van der Waals surface area contributed by atoms with E-state index >= 15 is 0 Å². The van der Waals surface area contributed by atoms with Crippen LogP contribution < -0.4 is 5.32 Å². The number of amides is 1. The van der Waals surface area contributed by atoms with Crippen LogP contribution in [0.5, 0.6) is 0 Å². The van der Waals surface area contributed by atoms with Crippen molar-refractivity contribution >= 4 is 34.4 Å². The molecule has 0 spiro atoms. The standard InChI is InChI=1S/C16H17ClN2O4/c17-12-10-5-1-2-6-11(10)18-14(12)15(20)19-13(16(21)22)9-4-3-7-23-8-9/h1-2,5-6,9,13,18H,3-4,7-8H2,(H,19,20)(H,21,22). The summed E-state index contributed by atoms with van der Waals surface area (Å²) in [5.41, 5.74) is 0.909. The molecule has 2 heterocycles. The molecule has 0 bridgehead atoms. The molecule has 1 fully saturated rings. The number of ether oxygens (including phenoxy) is 1. The van der Waals surface area contributed by atoms with Crippen molar-refractivity contribution in [3.8, 4) is 0 Å². The van der Waals surface area contributed by atoms with Gasteiger partial charge in [-0.15, -0.1) is 0 Å². The number of nitrogens with one attached hydrogen (secondary N) is 2. The molecule has 122 valence electrons. The summed E-state index contributed by atoms with van der Waals surface area (Å²) < 4.78 is 5.32. The third kappa shape index (κ3) is 3.18. The number of carboxylic acids is 1. The zero-order valence-corrected chi connectivity index (χ0v) is 13.1. The number of carbonyl (C=O) groups excluding carboxylic acids is 1. The lowest BCUT2D eigenvalue weighted by Crippen LogP contribution is -2.48. The molecule has 0 radical (unpaired) electrons. The Morgan fingerprint density at radius 1 is 1.39 bits per heavy atom. The average Bonchev–Trinajstić information content (AvgIpc) is 2.90. The Balaban J connectivity index is 1.83. The first-order chi connectivity index (χ1) is 11.1. The SMILES string of the molecule is O=C(NC(C(=O)O)C1CCCOC1)c1[nH]c2ccccc2c1Cl. The van der Waals surface area contributed by atoms with Crippen molar-refractivity contribution in [1.82, 2.24) is 10.3 Å². The second-order valence-corrected chi connectivity index (χ2v) is 6.00. The predicted octanol–water partition coefficient (Wildman–Crippen LogP) is 2.43. The predicted molar refractivity (Wildman–Crippen MR) is 85.7 cm³/mol. The number of hydrogen-bond donors (Lipinski definition) is 3. The number of fused-ring (bicyclic) bond motifs is 1. The van der Waals surface area contributed by atoms with Crippen molar-refractivity contribution in [3.63, 3.8) is 0 Å².